The smallest absolute Gasteiger partial charge is 0.246 e. The molecule has 2 N–H and O–H groups in total. The van der Waals surface area contributed by atoms with Crippen LogP contribution in [-0.4, -0.2) is 63.4 Å². The molecule has 0 spiro atoms. The molecule has 3 amide bonds. The van der Waals surface area contributed by atoms with Crippen LogP contribution in [0, 0.1) is 11.8 Å². The molecule has 1 aromatic carbocycles. The number of benzene rings is 1. The van der Waals surface area contributed by atoms with Gasteiger partial charge in [0, 0.05) is 61.8 Å². The second-order valence-electron chi connectivity index (χ2n) is 13.0. The summed E-state index contributed by atoms with van der Waals surface area (Å²) in [6.07, 6.45) is 9.00. The van der Waals surface area contributed by atoms with E-state index < -0.39 is 24.0 Å². The highest BCUT2D eigenvalue weighted by molar-refractivity contribution is 5.98. The zero-order valence-electron chi connectivity index (χ0n) is 27.6. The maximum atomic E-state index is 14.1. The number of Topliss-reactive ketones (excluding diaryl/α,β-unsaturated/α-hetero) is 2. The first kappa shape index (κ1) is 34.4. The summed E-state index contributed by atoms with van der Waals surface area (Å²) < 4.78 is 2.13. The topological polar surface area (TPSA) is 118 Å². The number of amides is 3. The highest BCUT2D eigenvalue weighted by Crippen LogP contribution is 2.27. The SMILES string of the molecule is CCC(=O)CCCCC[C@@H]1CC(=O)[C@H]2CCCCN2C(=O)[C@H](C(C)CC)NC(=O)[C@H](Cc2cn(CC)c3ccccc23)NC1=O. The molecule has 0 aliphatic carbocycles. The fourth-order valence-corrected chi connectivity index (χ4v) is 6.88. The van der Waals surface area contributed by atoms with Crippen molar-refractivity contribution >= 4 is 40.2 Å². The molecule has 9 heteroatoms. The molecule has 2 saturated heterocycles. The summed E-state index contributed by atoms with van der Waals surface area (Å²) in [4.78, 5) is 69.4. The van der Waals surface area contributed by atoms with Crippen LogP contribution in [0.4, 0.5) is 0 Å². The van der Waals surface area contributed by atoms with Gasteiger partial charge in [-0.25, -0.2) is 0 Å². The standard InChI is InChI=1S/C36H52N4O5/c1-5-24(4)33-36(45)40-20-14-13-19-31(40)32(42)22-25(15-9-8-10-16-27(41)6-2)34(43)37-29(35(44)38-33)21-26-23-39(7-3)30-18-12-11-17-28(26)30/h11-12,17-18,23-25,29,31,33H,5-10,13-16,19-22H2,1-4H3,(H,37,43)(H,38,44)/t24?,25-,29+,31-,33+/m1/s1. The van der Waals surface area contributed by atoms with Crippen LogP contribution in [0.2, 0.25) is 0 Å². The Labute approximate surface area is 267 Å². The summed E-state index contributed by atoms with van der Waals surface area (Å²) in [5.41, 5.74) is 2.00. The normalized spacial score (nSPS) is 24.0. The third kappa shape index (κ3) is 8.41. The van der Waals surface area contributed by atoms with Crippen molar-refractivity contribution in [2.75, 3.05) is 6.54 Å². The van der Waals surface area contributed by atoms with Crippen molar-refractivity contribution in [1.29, 1.82) is 0 Å². The Morgan fingerprint density at radius 1 is 0.978 bits per heavy atom. The molecular formula is C36H52N4O5. The largest absolute Gasteiger partial charge is 0.347 e. The summed E-state index contributed by atoms with van der Waals surface area (Å²) in [6, 6.07) is 5.75. The lowest BCUT2D eigenvalue weighted by molar-refractivity contribution is -0.147. The molecule has 0 saturated carbocycles. The van der Waals surface area contributed by atoms with Gasteiger partial charge in [-0.3, -0.25) is 24.0 Å². The Hall–Kier alpha value is -3.49. The van der Waals surface area contributed by atoms with Crippen molar-refractivity contribution < 1.29 is 24.0 Å². The molecular weight excluding hydrogens is 568 g/mol. The fraction of sp³-hybridized carbons (Fsp3) is 0.639. The monoisotopic (exact) mass is 620 g/mol. The minimum Gasteiger partial charge on any atom is -0.347 e. The van der Waals surface area contributed by atoms with E-state index in [-0.39, 0.29) is 48.0 Å². The Morgan fingerprint density at radius 3 is 2.49 bits per heavy atom. The van der Waals surface area contributed by atoms with E-state index in [1.165, 1.54) is 0 Å². The Kier molecular flexibility index (Phi) is 12.4. The average molecular weight is 621 g/mol. The van der Waals surface area contributed by atoms with Gasteiger partial charge >= 0.3 is 0 Å². The van der Waals surface area contributed by atoms with E-state index in [1.54, 1.807) is 4.90 Å². The first-order valence-electron chi connectivity index (χ1n) is 17.2. The number of hydrogen-bond donors (Lipinski definition) is 2. The van der Waals surface area contributed by atoms with Crippen molar-refractivity contribution in [3.05, 3.63) is 36.0 Å². The van der Waals surface area contributed by atoms with Gasteiger partial charge in [0.05, 0.1) is 6.04 Å². The zero-order valence-corrected chi connectivity index (χ0v) is 27.6. The Morgan fingerprint density at radius 2 is 1.76 bits per heavy atom. The molecule has 1 unspecified atom stereocenters. The average Bonchev–Trinajstić information content (AvgIpc) is 3.41. The molecule has 2 aliphatic heterocycles. The quantitative estimate of drug-likeness (QED) is 0.320. The molecule has 9 nitrogen and oxygen atoms in total. The van der Waals surface area contributed by atoms with Crippen molar-refractivity contribution in [1.82, 2.24) is 20.1 Å². The van der Waals surface area contributed by atoms with Gasteiger partial charge in [-0.05, 0) is 56.6 Å². The van der Waals surface area contributed by atoms with E-state index in [0.717, 1.165) is 48.7 Å². The zero-order chi connectivity index (χ0) is 32.5. The minimum atomic E-state index is -0.913. The van der Waals surface area contributed by atoms with E-state index in [4.69, 9.17) is 0 Å². The van der Waals surface area contributed by atoms with Crippen molar-refractivity contribution in [3.63, 3.8) is 0 Å². The summed E-state index contributed by atoms with van der Waals surface area (Å²) in [7, 11) is 0. The van der Waals surface area contributed by atoms with Crippen LogP contribution in [0.5, 0.6) is 0 Å². The molecule has 2 fully saturated rings. The molecule has 4 rings (SSSR count). The molecule has 1 aromatic heterocycles. The number of ketones is 2. The van der Waals surface area contributed by atoms with Gasteiger partial charge in [0.15, 0.2) is 5.78 Å². The van der Waals surface area contributed by atoms with Gasteiger partial charge in [-0.2, -0.15) is 0 Å². The Bertz CT molecular complexity index is 1370. The summed E-state index contributed by atoms with van der Waals surface area (Å²) in [5, 5.41) is 7.10. The number of piperidine rings is 1. The summed E-state index contributed by atoms with van der Waals surface area (Å²) in [6.45, 7) is 9.10. The minimum absolute atomic E-state index is 0.0334. The van der Waals surface area contributed by atoms with Crippen LogP contribution < -0.4 is 10.6 Å². The van der Waals surface area contributed by atoms with E-state index in [9.17, 15) is 24.0 Å². The van der Waals surface area contributed by atoms with Crippen LogP contribution in [0.15, 0.2) is 30.5 Å². The van der Waals surface area contributed by atoms with Gasteiger partial charge in [0.1, 0.15) is 17.9 Å². The number of nitrogens with one attached hydrogen (secondary N) is 2. The summed E-state index contributed by atoms with van der Waals surface area (Å²) in [5.74, 6) is -1.51. The second-order valence-corrected chi connectivity index (χ2v) is 13.0. The second kappa shape index (κ2) is 16.2. The molecule has 3 heterocycles. The third-order valence-electron chi connectivity index (χ3n) is 9.92. The molecule has 0 radical (unpaired) electrons. The van der Waals surface area contributed by atoms with Crippen molar-refractivity contribution in [2.24, 2.45) is 11.8 Å². The van der Waals surface area contributed by atoms with E-state index in [1.807, 2.05) is 51.2 Å². The molecule has 0 bridgehead atoms. The van der Waals surface area contributed by atoms with Crippen LogP contribution in [0.1, 0.15) is 104 Å². The van der Waals surface area contributed by atoms with Gasteiger partial charge in [0.2, 0.25) is 17.7 Å². The van der Waals surface area contributed by atoms with Crippen LogP contribution in [-0.2, 0) is 36.9 Å². The number of nitrogens with zero attached hydrogens (tertiary/aromatic N) is 2. The highest BCUT2D eigenvalue weighted by Gasteiger charge is 2.40. The van der Waals surface area contributed by atoms with Gasteiger partial charge in [-0.1, -0.05) is 58.2 Å². The highest BCUT2D eigenvalue weighted by atomic mass is 16.2. The summed E-state index contributed by atoms with van der Waals surface area (Å²) >= 11 is 0. The first-order valence-corrected chi connectivity index (χ1v) is 17.2. The Balaban J connectivity index is 1.66. The number of unbranched alkanes of at least 4 members (excludes halogenated alkanes) is 2. The van der Waals surface area contributed by atoms with Crippen LogP contribution in [0.25, 0.3) is 10.9 Å². The number of para-hydroxylation sites is 1. The van der Waals surface area contributed by atoms with Gasteiger partial charge in [-0.15, -0.1) is 0 Å². The lowest BCUT2D eigenvalue weighted by Gasteiger charge is -2.39. The first-order chi connectivity index (χ1) is 21.7. The van der Waals surface area contributed by atoms with Crippen LogP contribution in [0.3, 0.4) is 0 Å². The van der Waals surface area contributed by atoms with Gasteiger partial charge in [0.25, 0.3) is 0 Å². The van der Waals surface area contributed by atoms with Crippen LogP contribution >= 0.6 is 0 Å². The maximum Gasteiger partial charge on any atom is 0.246 e. The maximum absolute atomic E-state index is 14.1. The molecule has 246 valence electrons. The lowest BCUT2D eigenvalue weighted by atomic mass is 9.87. The van der Waals surface area contributed by atoms with E-state index in [2.05, 4.69) is 22.1 Å². The molecule has 45 heavy (non-hydrogen) atoms. The predicted molar refractivity (Wildman–Crippen MR) is 175 cm³/mol. The molecule has 2 aliphatic rings. The number of fused-ring (bicyclic) bond motifs is 2. The van der Waals surface area contributed by atoms with Gasteiger partial charge < -0.3 is 20.1 Å². The van der Waals surface area contributed by atoms with Crippen molar-refractivity contribution in [2.45, 2.75) is 129 Å². The van der Waals surface area contributed by atoms with Crippen molar-refractivity contribution in [3.8, 4) is 0 Å². The third-order valence-corrected chi connectivity index (χ3v) is 9.92. The number of carbonyl (C=O) groups excluding carboxylic acids is 5. The number of aryl methyl sites for hydroxylation is 1. The fourth-order valence-electron chi connectivity index (χ4n) is 6.88. The predicted octanol–water partition coefficient (Wildman–Crippen LogP) is 5.12. The molecule has 2 aromatic rings. The van der Waals surface area contributed by atoms with E-state index in [0.29, 0.717) is 45.1 Å². The van der Waals surface area contributed by atoms with E-state index >= 15 is 0 Å². The number of aromatic nitrogens is 1. The number of rotatable bonds is 12. The lowest BCUT2D eigenvalue weighted by Crippen LogP contribution is -2.61. The number of carbonyl (C=O) groups is 5. The number of hydrogen-bond acceptors (Lipinski definition) is 5. The molecule has 5 atom stereocenters.